The van der Waals surface area contributed by atoms with Gasteiger partial charge in [0, 0.05) is 24.2 Å². The number of hydrogen-bond acceptors (Lipinski definition) is 6. The summed E-state index contributed by atoms with van der Waals surface area (Å²) in [4.78, 5) is 8.60. The van der Waals surface area contributed by atoms with Crippen LogP contribution in [0, 0.1) is 0 Å². The SMILES string of the molecule is CCOCc1nc(NN)cc(NCc2ccccc2Cl)n1. The summed E-state index contributed by atoms with van der Waals surface area (Å²) in [6.45, 7) is 3.43. The topological polar surface area (TPSA) is 85.1 Å². The molecule has 21 heavy (non-hydrogen) atoms. The minimum absolute atomic E-state index is 0.340. The molecule has 4 N–H and O–H groups in total. The smallest absolute Gasteiger partial charge is 0.158 e. The highest BCUT2D eigenvalue weighted by Crippen LogP contribution is 2.17. The number of rotatable bonds is 7. The van der Waals surface area contributed by atoms with Crippen molar-refractivity contribution >= 4 is 23.2 Å². The molecule has 2 rings (SSSR count). The Kier molecular flexibility index (Phi) is 5.74. The first-order valence-corrected chi connectivity index (χ1v) is 7.00. The maximum Gasteiger partial charge on any atom is 0.158 e. The molecule has 0 saturated carbocycles. The summed E-state index contributed by atoms with van der Waals surface area (Å²) in [5.41, 5.74) is 3.51. The summed E-state index contributed by atoms with van der Waals surface area (Å²) >= 11 is 6.12. The van der Waals surface area contributed by atoms with Crippen molar-refractivity contribution in [2.45, 2.75) is 20.1 Å². The molecule has 0 aliphatic carbocycles. The van der Waals surface area contributed by atoms with Crippen LogP contribution in [0.2, 0.25) is 5.02 Å². The fraction of sp³-hybridized carbons (Fsp3) is 0.286. The van der Waals surface area contributed by atoms with Crippen molar-refractivity contribution in [3.05, 3.63) is 46.7 Å². The first-order valence-electron chi connectivity index (χ1n) is 6.62. The molecule has 1 aromatic carbocycles. The summed E-state index contributed by atoms with van der Waals surface area (Å²) < 4.78 is 5.31. The molecule has 1 aromatic heterocycles. The normalized spacial score (nSPS) is 10.4. The Labute approximate surface area is 128 Å². The monoisotopic (exact) mass is 307 g/mol. The number of benzene rings is 1. The van der Waals surface area contributed by atoms with E-state index in [9.17, 15) is 0 Å². The van der Waals surface area contributed by atoms with Crippen LogP contribution in [-0.2, 0) is 17.9 Å². The van der Waals surface area contributed by atoms with E-state index in [0.717, 1.165) is 5.56 Å². The first kappa shape index (κ1) is 15.5. The van der Waals surface area contributed by atoms with Crippen LogP contribution in [0.3, 0.4) is 0 Å². The van der Waals surface area contributed by atoms with E-state index in [0.29, 0.717) is 42.2 Å². The first-order chi connectivity index (χ1) is 10.2. The molecule has 1 heterocycles. The number of nitrogens with zero attached hydrogens (tertiary/aromatic N) is 2. The van der Waals surface area contributed by atoms with Gasteiger partial charge in [0.1, 0.15) is 18.2 Å². The molecule has 2 aromatic rings. The molecule has 0 spiro atoms. The highest BCUT2D eigenvalue weighted by Gasteiger charge is 2.05. The van der Waals surface area contributed by atoms with E-state index in [-0.39, 0.29) is 0 Å². The largest absolute Gasteiger partial charge is 0.374 e. The average molecular weight is 308 g/mol. The summed E-state index contributed by atoms with van der Waals surface area (Å²) in [5.74, 6) is 7.17. The lowest BCUT2D eigenvalue weighted by atomic mass is 10.2. The predicted octanol–water partition coefficient (Wildman–Crippen LogP) is 2.56. The molecule has 0 saturated heterocycles. The molecule has 0 aliphatic heterocycles. The van der Waals surface area contributed by atoms with E-state index in [1.807, 2.05) is 31.2 Å². The molecule has 0 fully saturated rings. The van der Waals surface area contributed by atoms with E-state index in [2.05, 4.69) is 20.7 Å². The predicted molar refractivity (Wildman–Crippen MR) is 84.0 cm³/mol. The average Bonchev–Trinajstić information content (AvgIpc) is 2.52. The quantitative estimate of drug-likeness (QED) is 0.538. The van der Waals surface area contributed by atoms with Crippen LogP contribution in [0.4, 0.5) is 11.6 Å². The van der Waals surface area contributed by atoms with Crippen molar-refractivity contribution in [3.8, 4) is 0 Å². The van der Waals surface area contributed by atoms with Gasteiger partial charge >= 0.3 is 0 Å². The molecular weight excluding hydrogens is 290 g/mol. The lowest BCUT2D eigenvalue weighted by Crippen LogP contribution is -2.13. The summed E-state index contributed by atoms with van der Waals surface area (Å²) in [7, 11) is 0. The Morgan fingerprint density at radius 1 is 1.24 bits per heavy atom. The van der Waals surface area contributed by atoms with Gasteiger partial charge in [-0.25, -0.2) is 15.8 Å². The third-order valence-electron chi connectivity index (χ3n) is 2.77. The molecule has 0 radical (unpaired) electrons. The van der Waals surface area contributed by atoms with Gasteiger partial charge in [0.05, 0.1) is 0 Å². The van der Waals surface area contributed by atoms with Crippen LogP contribution in [-0.4, -0.2) is 16.6 Å². The number of halogens is 1. The van der Waals surface area contributed by atoms with Crippen molar-refractivity contribution in [3.63, 3.8) is 0 Å². The zero-order chi connectivity index (χ0) is 15.1. The zero-order valence-electron chi connectivity index (χ0n) is 11.8. The van der Waals surface area contributed by atoms with Crippen LogP contribution in [0.5, 0.6) is 0 Å². The van der Waals surface area contributed by atoms with Crippen molar-refractivity contribution in [1.82, 2.24) is 9.97 Å². The maximum atomic E-state index is 6.12. The van der Waals surface area contributed by atoms with Gasteiger partial charge in [-0.15, -0.1) is 0 Å². The van der Waals surface area contributed by atoms with Gasteiger partial charge in [-0.3, -0.25) is 0 Å². The minimum Gasteiger partial charge on any atom is -0.374 e. The van der Waals surface area contributed by atoms with E-state index >= 15 is 0 Å². The number of anilines is 2. The van der Waals surface area contributed by atoms with Gasteiger partial charge in [0.2, 0.25) is 0 Å². The number of nitrogen functional groups attached to an aromatic ring is 1. The third kappa shape index (κ3) is 4.56. The van der Waals surface area contributed by atoms with E-state index in [1.165, 1.54) is 0 Å². The lowest BCUT2D eigenvalue weighted by Gasteiger charge is -2.10. The summed E-state index contributed by atoms with van der Waals surface area (Å²) in [5, 5.41) is 3.92. The number of nitrogens with one attached hydrogen (secondary N) is 2. The molecule has 0 bridgehead atoms. The van der Waals surface area contributed by atoms with Gasteiger partial charge in [-0.05, 0) is 18.6 Å². The second-order valence-corrected chi connectivity index (χ2v) is 4.69. The Bertz CT molecular complexity index is 593. The van der Waals surface area contributed by atoms with Crippen molar-refractivity contribution in [2.75, 3.05) is 17.3 Å². The molecule has 0 aliphatic rings. The number of aromatic nitrogens is 2. The van der Waals surface area contributed by atoms with E-state index < -0.39 is 0 Å². The summed E-state index contributed by atoms with van der Waals surface area (Å²) in [6, 6.07) is 9.38. The van der Waals surface area contributed by atoms with Crippen molar-refractivity contribution in [2.24, 2.45) is 5.84 Å². The maximum absolute atomic E-state index is 6.12. The number of ether oxygens (including phenoxy) is 1. The fourth-order valence-corrected chi connectivity index (χ4v) is 1.95. The molecule has 7 heteroatoms. The number of hydrogen-bond donors (Lipinski definition) is 3. The second kappa shape index (κ2) is 7.78. The van der Waals surface area contributed by atoms with Gasteiger partial charge in [0.15, 0.2) is 5.82 Å². The van der Waals surface area contributed by atoms with E-state index in [4.69, 9.17) is 22.2 Å². The Balaban J connectivity index is 2.09. The van der Waals surface area contributed by atoms with Gasteiger partial charge in [-0.2, -0.15) is 0 Å². The number of hydrazine groups is 1. The highest BCUT2D eigenvalue weighted by molar-refractivity contribution is 6.31. The van der Waals surface area contributed by atoms with Crippen molar-refractivity contribution in [1.29, 1.82) is 0 Å². The molecular formula is C14H18ClN5O. The fourth-order valence-electron chi connectivity index (χ4n) is 1.75. The van der Waals surface area contributed by atoms with Gasteiger partial charge in [0.25, 0.3) is 0 Å². The van der Waals surface area contributed by atoms with Crippen LogP contribution in [0.1, 0.15) is 18.3 Å². The Hall–Kier alpha value is -1.89. The standard InChI is InChI=1S/C14H18ClN5O/c1-2-21-9-14-18-12(7-13(19-14)20-16)17-8-10-5-3-4-6-11(10)15/h3-7H,2,8-9,16H2,1H3,(H2,17,18,19,20). The van der Waals surface area contributed by atoms with Gasteiger partial charge in [-0.1, -0.05) is 29.8 Å². The minimum atomic E-state index is 0.340. The lowest BCUT2D eigenvalue weighted by molar-refractivity contribution is 0.128. The third-order valence-corrected chi connectivity index (χ3v) is 3.14. The molecule has 6 nitrogen and oxygen atoms in total. The van der Waals surface area contributed by atoms with Crippen LogP contribution in [0.15, 0.2) is 30.3 Å². The van der Waals surface area contributed by atoms with E-state index in [1.54, 1.807) is 6.07 Å². The second-order valence-electron chi connectivity index (χ2n) is 4.28. The van der Waals surface area contributed by atoms with Crippen LogP contribution in [0.25, 0.3) is 0 Å². The molecule has 0 atom stereocenters. The Morgan fingerprint density at radius 3 is 2.71 bits per heavy atom. The summed E-state index contributed by atoms with van der Waals surface area (Å²) in [6.07, 6.45) is 0. The molecule has 0 amide bonds. The number of nitrogens with two attached hydrogens (primary N) is 1. The van der Waals surface area contributed by atoms with Gasteiger partial charge < -0.3 is 15.5 Å². The molecule has 112 valence electrons. The highest BCUT2D eigenvalue weighted by atomic mass is 35.5. The van der Waals surface area contributed by atoms with Crippen LogP contribution < -0.4 is 16.6 Å². The molecule has 0 unspecified atom stereocenters. The van der Waals surface area contributed by atoms with Crippen molar-refractivity contribution < 1.29 is 4.74 Å². The zero-order valence-corrected chi connectivity index (χ0v) is 12.5. The Morgan fingerprint density at radius 2 is 2.00 bits per heavy atom. The van der Waals surface area contributed by atoms with Crippen LogP contribution >= 0.6 is 11.6 Å².